The summed E-state index contributed by atoms with van der Waals surface area (Å²) in [5, 5.41) is 0. The predicted octanol–water partition coefficient (Wildman–Crippen LogP) is 3.05. The Bertz CT molecular complexity index is 701. The second kappa shape index (κ2) is 7.14. The van der Waals surface area contributed by atoms with Crippen LogP contribution in [0, 0.1) is 0 Å². The number of amides is 1. The lowest BCUT2D eigenvalue weighted by atomic mass is 9.98. The maximum absolute atomic E-state index is 12.9. The van der Waals surface area contributed by atoms with Crippen molar-refractivity contribution in [2.75, 3.05) is 13.6 Å². The van der Waals surface area contributed by atoms with Gasteiger partial charge in [-0.3, -0.25) is 14.7 Å². The summed E-state index contributed by atoms with van der Waals surface area (Å²) < 4.78 is 0. The Morgan fingerprint density at radius 3 is 2.50 bits per heavy atom. The molecule has 1 amide bonds. The van der Waals surface area contributed by atoms with Crippen LogP contribution in [0.4, 0.5) is 0 Å². The van der Waals surface area contributed by atoms with Gasteiger partial charge in [-0.05, 0) is 49.1 Å². The number of pyridine rings is 1. The fourth-order valence-electron chi connectivity index (χ4n) is 3.36. The number of likely N-dealkylation sites (N-methyl/N-ethyl adjacent to an activating group) is 1. The summed E-state index contributed by atoms with van der Waals surface area (Å²) in [6, 6.07) is 12.4. The molecule has 0 spiro atoms. The van der Waals surface area contributed by atoms with Crippen LogP contribution >= 0.6 is 0 Å². The van der Waals surface area contributed by atoms with E-state index >= 15 is 0 Å². The second-order valence-corrected chi connectivity index (χ2v) is 6.57. The van der Waals surface area contributed by atoms with E-state index in [9.17, 15) is 4.79 Å². The molecule has 0 aliphatic carbocycles. The molecule has 0 bridgehead atoms. The lowest BCUT2D eigenvalue weighted by Crippen LogP contribution is -2.48. The monoisotopic (exact) mass is 323 g/mol. The van der Waals surface area contributed by atoms with Gasteiger partial charge in [0.15, 0.2) is 0 Å². The van der Waals surface area contributed by atoms with Gasteiger partial charge in [0.05, 0.1) is 12.1 Å². The van der Waals surface area contributed by atoms with Crippen molar-refractivity contribution in [1.82, 2.24) is 14.8 Å². The van der Waals surface area contributed by atoms with Crippen LogP contribution in [0.3, 0.4) is 0 Å². The third kappa shape index (κ3) is 3.34. The van der Waals surface area contributed by atoms with E-state index in [0.717, 1.165) is 25.1 Å². The Balaban J connectivity index is 1.69. The summed E-state index contributed by atoms with van der Waals surface area (Å²) in [7, 11) is 1.89. The van der Waals surface area contributed by atoms with E-state index in [1.54, 1.807) is 12.4 Å². The van der Waals surface area contributed by atoms with Crippen LogP contribution in [0.15, 0.2) is 48.8 Å². The molecular weight excluding hydrogens is 298 g/mol. The van der Waals surface area contributed by atoms with E-state index in [1.165, 1.54) is 11.1 Å². The zero-order valence-corrected chi connectivity index (χ0v) is 14.6. The van der Waals surface area contributed by atoms with Crippen molar-refractivity contribution in [3.63, 3.8) is 0 Å². The standard InChI is InChI=1S/C20H25N3O/c1-15(17-8-11-21-12-9-17)22(3)20(24)16(2)23-13-10-18-6-4-5-7-19(18)14-23/h4-9,11-12,15-16H,10,13-14H2,1-3H3/t15-,16+/m1/s1. The van der Waals surface area contributed by atoms with Crippen LogP contribution in [0.2, 0.25) is 0 Å². The molecule has 0 saturated heterocycles. The molecule has 4 heteroatoms. The number of aromatic nitrogens is 1. The van der Waals surface area contributed by atoms with E-state index in [1.807, 2.05) is 31.0 Å². The van der Waals surface area contributed by atoms with Crippen LogP contribution in [0.5, 0.6) is 0 Å². The maximum Gasteiger partial charge on any atom is 0.239 e. The Morgan fingerprint density at radius 2 is 1.79 bits per heavy atom. The normalized spacial score (nSPS) is 17.0. The molecule has 0 unspecified atom stereocenters. The van der Waals surface area contributed by atoms with E-state index in [4.69, 9.17) is 0 Å². The van der Waals surface area contributed by atoms with Gasteiger partial charge in [0.2, 0.25) is 5.91 Å². The highest BCUT2D eigenvalue weighted by molar-refractivity contribution is 5.81. The number of carbonyl (C=O) groups is 1. The van der Waals surface area contributed by atoms with E-state index < -0.39 is 0 Å². The molecule has 1 aromatic heterocycles. The molecule has 126 valence electrons. The largest absolute Gasteiger partial charge is 0.338 e. The Hall–Kier alpha value is -2.20. The summed E-state index contributed by atoms with van der Waals surface area (Å²) in [5.41, 5.74) is 3.86. The van der Waals surface area contributed by atoms with Crippen molar-refractivity contribution < 1.29 is 4.79 Å². The molecule has 3 rings (SSSR count). The molecule has 1 aliphatic heterocycles. The lowest BCUT2D eigenvalue weighted by molar-refractivity contribution is -0.137. The zero-order chi connectivity index (χ0) is 17.1. The van der Waals surface area contributed by atoms with Gasteiger partial charge in [0, 0.05) is 32.5 Å². The first kappa shape index (κ1) is 16.7. The summed E-state index contributed by atoms with van der Waals surface area (Å²) in [6.07, 6.45) is 4.56. The van der Waals surface area contributed by atoms with Gasteiger partial charge in [-0.25, -0.2) is 0 Å². The lowest BCUT2D eigenvalue weighted by Gasteiger charge is -2.36. The average molecular weight is 323 g/mol. The minimum absolute atomic E-state index is 0.0417. The van der Waals surface area contributed by atoms with Gasteiger partial charge < -0.3 is 4.90 Å². The third-order valence-electron chi connectivity index (χ3n) is 5.18. The number of fused-ring (bicyclic) bond motifs is 1. The Labute approximate surface area is 144 Å². The Morgan fingerprint density at radius 1 is 1.12 bits per heavy atom. The molecule has 4 nitrogen and oxygen atoms in total. The van der Waals surface area contributed by atoms with Crippen LogP contribution in [-0.4, -0.2) is 40.3 Å². The second-order valence-electron chi connectivity index (χ2n) is 6.57. The van der Waals surface area contributed by atoms with Crippen molar-refractivity contribution in [3.05, 3.63) is 65.5 Å². The van der Waals surface area contributed by atoms with Gasteiger partial charge in [0.25, 0.3) is 0 Å². The molecule has 0 N–H and O–H groups in total. The quantitative estimate of drug-likeness (QED) is 0.868. The first-order valence-corrected chi connectivity index (χ1v) is 8.55. The molecule has 1 aromatic carbocycles. The highest BCUT2D eigenvalue weighted by Gasteiger charge is 2.29. The highest BCUT2D eigenvalue weighted by atomic mass is 16.2. The Kier molecular flexibility index (Phi) is 4.95. The number of rotatable bonds is 4. The van der Waals surface area contributed by atoms with Crippen LogP contribution in [0.1, 0.15) is 36.6 Å². The molecule has 24 heavy (non-hydrogen) atoms. The number of hydrogen-bond donors (Lipinski definition) is 0. The highest BCUT2D eigenvalue weighted by Crippen LogP contribution is 2.23. The molecule has 1 aliphatic rings. The van der Waals surface area contributed by atoms with E-state index in [0.29, 0.717) is 0 Å². The minimum atomic E-state index is -0.118. The number of benzene rings is 1. The fourth-order valence-corrected chi connectivity index (χ4v) is 3.36. The van der Waals surface area contributed by atoms with Crippen molar-refractivity contribution in [2.45, 2.75) is 38.9 Å². The summed E-state index contributed by atoms with van der Waals surface area (Å²) in [5.74, 6) is 0.165. The first-order chi connectivity index (χ1) is 11.6. The minimum Gasteiger partial charge on any atom is -0.338 e. The van der Waals surface area contributed by atoms with Crippen LogP contribution in [-0.2, 0) is 17.8 Å². The predicted molar refractivity (Wildman–Crippen MR) is 95.4 cm³/mol. The van der Waals surface area contributed by atoms with Crippen LogP contribution in [0.25, 0.3) is 0 Å². The molecular formula is C20H25N3O. The van der Waals surface area contributed by atoms with E-state index in [2.05, 4.69) is 41.1 Å². The number of carbonyl (C=O) groups excluding carboxylic acids is 1. The smallest absolute Gasteiger partial charge is 0.239 e. The maximum atomic E-state index is 12.9. The number of hydrogen-bond acceptors (Lipinski definition) is 3. The zero-order valence-electron chi connectivity index (χ0n) is 14.6. The van der Waals surface area contributed by atoms with Gasteiger partial charge in [-0.2, -0.15) is 0 Å². The molecule has 0 radical (unpaired) electrons. The van der Waals surface area contributed by atoms with Gasteiger partial charge in [0.1, 0.15) is 0 Å². The first-order valence-electron chi connectivity index (χ1n) is 8.55. The molecule has 2 aromatic rings. The van der Waals surface area contributed by atoms with Gasteiger partial charge >= 0.3 is 0 Å². The van der Waals surface area contributed by atoms with Crippen molar-refractivity contribution >= 4 is 5.91 Å². The fraction of sp³-hybridized carbons (Fsp3) is 0.400. The number of nitrogens with zero attached hydrogens (tertiary/aromatic N) is 3. The van der Waals surface area contributed by atoms with Crippen LogP contribution < -0.4 is 0 Å². The molecule has 0 fully saturated rings. The SMILES string of the molecule is C[C@H](c1ccncc1)N(C)C(=O)[C@H](C)N1CCc2ccccc2C1. The summed E-state index contributed by atoms with van der Waals surface area (Å²) in [4.78, 5) is 21.1. The van der Waals surface area contributed by atoms with Crippen molar-refractivity contribution in [2.24, 2.45) is 0 Å². The summed E-state index contributed by atoms with van der Waals surface area (Å²) >= 11 is 0. The summed E-state index contributed by atoms with van der Waals surface area (Å²) in [6.45, 7) is 5.86. The molecule has 0 saturated carbocycles. The van der Waals surface area contributed by atoms with Crippen molar-refractivity contribution in [3.8, 4) is 0 Å². The third-order valence-corrected chi connectivity index (χ3v) is 5.18. The van der Waals surface area contributed by atoms with E-state index in [-0.39, 0.29) is 18.0 Å². The molecule has 2 heterocycles. The molecule has 2 atom stereocenters. The van der Waals surface area contributed by atoms with Gasteiger partial charge in [-0.15, -0.1) is 0 Å². The average Bonchev–Trinajstić information content (AvgIpc) is 2.66. The van der Waals surface area contributed by atoms with Gasteiger partial charge in [-0.1, -0.05) is 24.3 Å². The van der Waals surface area contributed by atoms with Crippen molar-refractivity contribution in [1.29, 1.82) is 0 Å². The topological polar surface area (TPSA) is 36.4 Å².